The van der Waals surface area contributed by atoms with Crippen LogP contribution >= 0.6 is 47.8 Å². The molecule has 0 atom stereocenters. The smallest absolute Gasteiger partial charge is 0.335 e. The van der Waals surface area contributed by atoms with Gasteiger partial charge in [-0.25, -0.2) is 9.78 Å². The molecular weight excluding hydrogens is 658 g/mol. The van der Waals surface area contributed by atoms with Crippen LogP contribution in [0.3, 0.4) is 0 Å². The van der Waals surface area contributed by atoms with Crippen molar-refractivity contribution in [1.29, 1.82) is 0 Å². The number of rotatable bonds is 7. The lowest BCUT2D eigenvalue weighted by Crippen LogP contribution is -2.23. The van der Waals surface area contributed by atoms with Gasteiger partial charge in [0.1, 0.15) is 18.2 Å². The summed E-state index contributed by atoms with van der Waals surface area (Å²) in [4.78, 5) is 28.9. The van der Waals surface area contributed by atoms with E-state index in [0.717, 1.165) is 15.6 Å². The molecule has 0 saturated heterocycles. The first-order valence-electron chi connectivity index (χ1n) is 10.8. The van der Waals surface area contributed by atoms with E-state index < -0.39 is 5.97 Å². The van der Waals surface area contributed by atoms with Crippen molar-refractivity contribution < 1.29 is 14.6 Å². The molecule has 184 valence electrons. The lowest BCUT2D eigenvalue weighted by Gasteiger charge is -2.13. The fourth-order valence-corrected chi connectivity index (χ4v) is 5.28. The third-order valence-electron chi connectivity index (χ3n) is 5.28. The van der Waals surface area contributed by atoms with E-state index in [1.165, 1.54) is 4.68 Å². The van der Waals surface area contributed by atoms with Crippen LogP contribution < -0.4 is 10.3 Å². The van der Waals surface area contributed by atoms with Crippen molar-refractivity contribution in [2.75, 3.05) is 0 Å². The van der Waals surface area contributed by atoms with Crippen LogP contribution in [0.25, 0.3) is 10.9 Å². The van der Waals surface area contributed by atoms with Gasteiger partial charge in [-0.1, -0.05) is 41.9 Å². The molecular formula is C26H20Br3N3O4. The highest BCUT2D eigenvalue weighted by atomic mass is 79.9. The van der Waals surface area contributed by atoms with Crippen molar-refractivity contribution >= 4 is 70.9 Å². The van der Waals surface area contributed by atoms with Gasteiger partial charge in [-0.3, -0.25) is 4.79 Å². The molecule has 0 saturated carbocycles. The first-order chi connectivity index (χ1) is 17.1. The average Bonchev–Trinajstić information content (AvgIpc) is 2.83. The van der Waals surface area contributed by atoms with Crippen LogP contribution in [0.2, 0.25) is 0 Å². The number of carboxylic acids is 1. The van der Waals surface area contributed by atoms with E-state index in [0.29, 0.717) is 31.4 Å². The van der Waals surface area contributed by atoms with Crippen molar-refractivity contribution in [2.24, 2.45) is 5.10 Å². The molecule has 3 aromatic carbocycles. The average molecular weight is 678 g/mol. The molecule has 1 heterocycles. The van der Waals surface area contributed by atoms with E-state index in [2.05, 4.69) is 57.9 Å². The Labute approximate surface area is 232 Å². The molecule has 0 aliphatic heterocycles. The first-order valence-corrected chi connectivity index (χ1v) is 13.2. The van der Waals surface area contributed by atoms with Gasteiger partial charge in [0.25, 0.3) is 5.56 Å². The molecule has 10 heteroatoms. The van der Waals surface area contributed by atoms with Gasteiger partial charge in [0.05, 0.1) is 31.6 Å². The minimum atomic E-state index is -0.972. The standard InChI is InChI=1S/C26H20Br3N3O4/c1-14(2)24-31-22-8-7-18(27)11-19(22)25(33)32(24)30-12-16-9-20(28)23(21(29)10-16)36-13-15-3-5-17(6-4-15)26(34)35/h3-12,14H,13H2,1-2H3,(H,34,35). The molecule has 0 unspecified atom stereocenters. The van der Waals surface area contributed by atoms with E-state index >= 15 is 0 Å². The number of ether oxygens (including phenoxy) is 1. The molecule has 7 nitrogen and oxygen atoms in total. The molecule has 4 rings (SSSR count). The summed E-state index contributed by atoms with van der Waals surface area (Å²) < 4.78 is 9.46. The van der Waals surface area contributed by atoms with Gasteiger partial charge in [0.2, 0.25) is 0 Å². The summed E-state index contributed by atoms with van der Waals surface area (Å²) >= 11 is 10.5. The number of carbonyl (C=O) groups is 1. The predicted molar refractivity (Wildman–Crippen MR) is 150 cm³/mol. The largest absolute Gasteiger partial charge is 0.487 e. The van der Waals surface area contributed by atoms with E-state index in [-0.39, 0.29) is 23.6 Å². The fraction of sp³-hybridized carbons (Fsp3) is 0.154. The molecule has 36 heavy (non-hydrogen) atoms. The molecule has 0 aliphatic rings. The van der Waals surface area contributed by atoms with Crippen LogP contribution in [-0.2, 0) is 6.61 Å². The molecule has 1 N–H and O–H groups in total. The second-order valence-corrected chi connectivity index (χ2v) is 10.9. The van der Waals surface area contributed by atoms with Crippen molar-refractivity contribution in [2.45, 2.75) is 26.4 Å². The highest BCUT2D eigenvalue weighted by molar-refractivity contribution is 9.11. The molecule has 0 bridgehead atoms. The summed E-state index contributed by atoms with van der Waals surface area (Å²) in [6, 6.07) is 15.6. The van der Waals surface area contributed by atoms with E-state index in [1.54, 1.807) is 36.5 Å². The van der Waals surface area contributed by atoms with Crippen LogP contribution in [-0.4, -0.2) is 27.0 Å². The number of fused-ring (bicyclic) bond motifs is 1. The second-order valence-electron chi connectivity index (χ2n) is 8.25. The maximum absolute atomic E-state index is 13.2. The van der Waals surface area contributed by atoms with E-state index in [4.69, 9.17) is 9.84 Å². The predicted octanol–water partition coefficient (Wildman–Crippen LogP) is 6.97. The molecule has 0 spiro atoms. The SMILES string of the molecule is CC(C)c1nc2ccc(Br)cc2c(=O)n1N=Cc1cc(Br)c(OCc2ccc(C(=O)O)cc2)c(Br)c1. The Bertz CT molecular complexity index is 1520. The molecule has 0 radical (unpaired) electrons. The molecule has 0 fully saturated rings. The normalized spacial score (nSPS) is 11.5. The van der Waals surface area contributed by atoms with Crippen molar-refractivity contribution in [3.8, 4) is 5.75 Å². The van der Waals surface area contributed by atoms with Crippen LogP contribution in [0.15, 0.2) is 77.9 Å². The Morgan fingerprint density at radius 1 is 1.08 bits per heavy atom. The summed E-state index contributed by atoms with van der Waals surface area (Å²) in [6.45, 7) is 4.19. The first kappa shape index (κ1) is 26.2. The highest BCUT2D eigenvalue weighted by Gasteiger charge is 2.14. The summed E-state index contributed by atoms with van der Waals surface area (Å²) in [5.41, 5.74) is 2.18. The third-order valence-corrected chi connectivity index (χ3v) is 6.95. The maximum Gasteiger partial charge on any atom is 0.335 e. The van der Waals surface area contributed by atoms with E-state index in [1.807, 2.05) is 38.1 Å². The Balaban J connectivity index is 1.61. The maximum atomic E-state index is 13.2. The Morgan fingerprint density at radius 3 is 2.36 bits per heavy atom. The van der Waals surface area contributed by atoms with Gasteiger partial charge in [-0.05, 0) is 85.5 Å². The van der Waals surface area contributed by atoms with Crippen molar-refractivity contribution in [3.05, 3.63) is 101 Å². The number of hydrogen-bond acceptors (Lipinski definition) is 5. The number of carboxylic acid groups (broad SMARTS) is 1. The zero-order chi connectivity index (χ0) is 26.0. The number of benzene rings is 3. The quantitative estimate of drug-likeness (QED) is 0.213. The van der Waals surface area contributed by atoms with Crippen LogP contribution in [0.1, 0.15) is 47.1 Å². The summed E-state index contributed by atoms with van der Waals surface area (Å²) in [5.74, 6) is 0.173. The highest BCUT2D eigenvalue weighted by Crippen LogP contribution is 2.35. The number of halogens is 3. The topological polar surface area (TPSA) is 93.8 Å². The van der Waals surface area contributed by atoms with E-state index in [9.17, 15) is 9.59 Å². The Morgan fingerprint density at radius 2 is 1.75 bits per heavy atom. The Hall–Kier alpha value is -2.82. The number of hydrogen-bond donors (Lipinski definition) is 1. The lowest BCUT2D eigenvalue weighted by molar-refractivity contribution is 0.0697. The van der Waals surface area contributed by atoms with Crippen molar-refractivity contribution in [3.63, 3.8) is 0 Å². The number of aromatic carboxylic acids is 1. The molecule has 4 aromatic rings. The minimum absolute atomic E-state index is 0.0123. The van der Waals surface area contributed by atoms with Gasteiger partial charge in [-0.2, -0.15) is 9.78 Å². The van der Waals surface area contributed by atoms with Crippen LogP contribution in [0.4, 0.5) is 0 Å². The number of aromatic nitrogens is 2. The van der Waals surface area contributed by atoms with Gasteiger partial charge in [0.15, 0.2) is 0 Å². The number of nitrogens with zero attached hydrogens (tertiary/aromatic N) is 3. The zero-order valence-corrected chi connectivity index (χ0v) is 24.0. The summed E-state index contributed by atoms with van der Waals surface area (Å²) in [5, 5.41) is 14.0. The van der Waals surface area contributed by atoms with Gasteiger partial charge in [0, 0.05) is 10.4 Å². The fourth-order valence-electron chi connectivity index (χ4n) is 3.47. The Kier molecular flexibility index (Phi) is 8.07. The zero-order valence-electron chi connectivity index (χ0n) is 19.2. The monoisotopic (exact) mass is 675 g/mol. The molecule has 0 amide bonds. The van der Waals surface area contributed by atoms with Gasteiger partial charge >= 0.3 is 5.97 Å². The van der Waals surface area contributed by atoms with Crippen molar-refractivity contribution in [1.82, 2.24) is 9.66 Å². The van der Waals surface area contributed by atoms with Crippen LogP contribution in [0, 0.1) is 0 Å². The lowest BCUT2D eigenvalue weighted by atomic mass is 10.1. The second kappa shape index (κ2) is 11.1. The summed E-state index contributed by atoms with van der Waals surface area (Å²) in [6.07, 6.45) is 1.60. The third kappa shape index (κ3) is 5.77. The summed E-state index contributed by atoms with van der Waals surface area (Å²) in [7, 11) is 0. The van der Waals surface area contributed by atoms with Gasteiger partial charge in [-0.15, -0.1) is 0 Å². The molecule has 1 aromatic heterocycles. The minimum Gasteiger partial charge on any atom is -0.487 e. The molecule has 0 aliphatic carbocycles. The van der Waals surface area contributed by atoms with Gasteiger partial charge < -0.3 is 9.84 Å². The van der Waals surface area contributed by atoms with Crippen LogP contribution in [0.5, 0.6) is 5.75 Å².